The number of ether oxygens (including phenoxy) is 1. The summed E-state index contributed by atoms with van der Waals surface area (Å²) in [5, 5.41) is 2.64. The Hall–Kier alpha value is -1.69. The lowest BCUT2D eigenvalue weighted by Gasteiger charge is -2.22. The topological polar surface area (TPSA) is 77.2 Å². The molecule has 19 heavy (non-hydrogen) atoms. The second-order valence-electron chi connectivity index (χ2n) is 5.25. The molecule has 0 bridgehead atoms. The number of carbonyl (C=O) groups excluding carboxylic acids is 1. The molecule has 1 aromatic heterocycles. The number of amides is 1. The molecule has 5 nitrogen and oxygen atoms in total. The quantitative estimate of drug-likeness (QED) is 0.870. The predicted octanol–water partition coefficient (Wildman–Crippen LogP) is 1.62. The van der Waals surface area contributed by atoms with E-state index in [4.69, 9.17) is 10.5 Å². The molecular formula is C13H20FN3O2. The van der Waals surface area contributed by atoms with Gasteiger partial charge in [-0.2, -0.15) is 0 Å². The summed E-state index contributed by atoms with van der Waals surface area (Å²) >= 11 is 0. The van der Waals surface area contributed by atoms with Gasteiger partial charge in [0.25, 0.3) is 0 Å². The molecule has 0 spiro atoms. The third-order valence-corrected chi connectivity index (χ3v) is 2.24. The van der Waals surface area contributed by atoms with Crippen molar-refractivity contribution in [1.29, 1.82) is 0 Å². The third-order valence-electron chi connectivity index (χ3n) is 2.24. The van der Waals surface area contributed by atoms with Crippen molar-refractivity contribution < 1.29 is 13.9 Å². The average molecular weight is 269 g/mol. The van der Waals surface area contributed by atoms with Crippen molar-refractivity contribution in [3.8, 4) is 0 Å². The average Bonchev–Trinajstić information content (AvgIpc) is 2.25. The number of alkyl carbamates (subject to hydrolysis) is 1. The van der Waals surface area contributed by atoms with Crippen LogP contribution in [0.1, 0.15) is 26.5 Å². The first kappa shape index (κ1) is 15.4. The number of nitrogens with one attached hydrogen (secondary N) is 1. The maximum Gasteiger partial charge on any atom is 0.407 e. The smallest absolute Gasteiger partial charge is 0.407 e. The minimum atomic E-state index is -0.569. The van der Waals surface area contributed by atoms with Crippen LogP contribution in [0.15, 0.2) is 18.3 Å². The van der Waals surface area contributed by atoms with E-state index in [0.717, 1.165) is 0 Å². The molecule has 0 aliphatic carbocycles. The van der Waals surface area contributed by atoms with Crippen molar-refractivity contribution in [2.24, 2.45) is 5.73 Å². The number of rotatable bonds is 4. The Bertz CT molecular complexity index is 432. The molecule has 3 N–H and O–H groups in total. The third kappa shape index (κ3) is 6.15. The fraction of sp³-hybridized carbons (Fsp3) is 0.538. The zero-order valence-electron chi connectivity index (χ0n) is 11.4. The summed E-state index contributed by atoms with van der Waals surface area (Å²) in [5.74, 6) is -0.363. The van der Waals surface area contributed by atoms with E-state index in [9.17, 15) is 9.18 Å². The fourth-order valence-corrected chi connectivity index (χ4v) is 1.48. The molecule has 0 fully saturated rings. The molecule has 0 saturated carbocycles. The van der Waals surface area contributed by atoms with Crippen LogP contribution in [0.25, 0.3) is 0 Å². The Morgan fingerprint density at radius 1 is 1.58 bits per heavy atom. The molecule has 0 aliphatic rings. The van der Waals surface area contributed by atoms with Crippen LogP contribution >= 0.6 is 0 Å². The standard InChI is InChI=1S/C13H20FN3O2/c1-13(2,3)19-12(18)17-11(8-15)7-10-6-9(14)4-5-16-10/h4-6,11H,7-8,15H2,1-3H3,(H,17,18). The van der Waals surface area contributed by atoms with Gasteiger partial charge in [0.2, 0.25) is 0 Å². The van der Waals surface area contributed by atoms with Gasteiger partial charge in [0.1, 0.15) is 11.4 Å². The highest BCUT2D eigenvalue weighted by molar-refractivity contribution is 5.68. The Morgan fingerprint density at radius 2 is 2.26 bits per heavy atom. The van der Waals surface area contributed by atoms with E-state index in [1.165, 1.54) is 18.3 Å². The van der Waals surface area contributed by atoms with Crippen LogP contribution < -0.4 is 11.1 Å². The van der Waals surface area contributed by atoms with Gasteiger partial charge in [-0.25, -0.2) is 9.18 Å². The zero-order valence-corrected chi connectivity index (χ0v) is 11.4. The van der Waals surface area contributed by atoms with Crippen LogP contribution in [0, 0.1) is 5.82 Å². The molecule has 1 rings (SSSR count). The minimum absolute atomic E-state index is 0.220. The summed E-state index contributed by atoms with van der Waals surface area (Å²) in [6, 6.07) is 2.24. The van der Waals surface area contributed by atoms with Crippen LogP contribution in [0.2, 0.25) is 0 Å². The summed E-state index contributed by atoms with van der Waals surface area (Å²) < 4.78 is 18.2. The predicted molar refractivity (Wildman–Crippen MR) is 70.1 cm³/mol. The minimum Gasteiger partial charge on any atom is -0.444 e. The molecule has 6 heteroatoms. The number of carbonyl (C=O) groups is 1. The molecule has 106 valence electrons. The van der Waals surface area contributed by atoms with Crippen molar-refractivity contribution in [1.82, 2.24) is 10.3 Å². The van der Waals surface area contributed by atoms with Gasteiger partial charge in [-0.3, -0.25) is 4.98 Å². The van der Waals surface area contributed by atoms with Crippen LogP contribution in [0.3, 0.4) is 0 Å². The first-order valence-electron chi connectivity index (χ1n) is 6.10. The monoisotopic (exact) mass is 269 g/mol. The van der Waals surface area contributed by atoms with Gasteiger partial charge in [0.15, 0.2) is 0 Å². The van der Waals surface area contributed by atoms with E-state index in [1.54, 1.807) is 20.8 Å². The molecule has 1 aromatic rings. The molecule has 0 aliphatic heterocycles. The second-order valence-corrected chi connectivity index (χ2v) is 5.25. The highest BCUT2D eigenvalue weighted by Crippen LogP contribution is 2.08. The highest BCUT2D eigenvalue weighted by atomic mass is 19.1. The van der Waals surface area contributed by atoms with Crippen LogP contribution in [-0.2, 0) is 11.2 Å². The lowest BCUT2D eigenvalue weighted by atomic mass is 10.1. The molecule has 1 atom stereocenters. The van der Waals surface area contributed by atoms with E-state index < -0.39 is 11.7 Å². The number of halogens is 1. The van der Waals surface area contributed by atoms with Gasteiger partial charge in [-0.05, 0) is 32.9 Å². The summed E-state index contributed by atoms with van der Waals surface area (Å²) in [7, 11) is 0. The normalized spacial score (nSPS) is 12.9. The summed E-state index contributed by atoms with van der Waals surface area (Å²) in [6.07, 6.45) is 1.19. The zero-order chi connectivity index (χ0) is 14.5. The van der Waals surface area contributed by atoms with Gasteiger partial charge in [-0.1, -0.05) is 0 Å². The Balaban J connectivity index is 2.57. The van der Waals surface area contributed by atoms with E-state index in [-0.39, 0.29) is 18.4 Å². The number of hydrogen-bond acceptors (Lipinski definition) is 4. The molecular weight excluding hydrogens is 249 g/mol. The number of hydrogen-bond donors (Lipinski definition) is 2. The maximum atomic E-state index is 13.0. The molecule has 0 saturated heterocycles. The van der Waals surface area contributed by atoms with Gasteiger partial charge in [0, 0.05) is 30.9 Å². The molecule has 0 aromatic carbocycles. The molecule has 1 heterocycles. The summed E-state index contributed by atoms with van der Waals surface area (Å²) in [6.45, 7) is 5.55. The lowest BCUT2D eigenvalue weighted by molar-refractivity contribution is 0.0506. The maximum absolute atomic E-state index is 13.0. The van der Waals surface area contributed by atoms with E-state index in [1.807, 2.05) is 0 Å². The number of nitrogens with zero attached hydrogens (tertiary/aromatic N) is 1. The Kier molecular flexibility index (Phi) is 5.23. The van der Waals surface area contributed by atoms with Gasteiger partial charge in [0.05, 0.1) is 0 Å². The van der Waals surface area contributed by atoms with Crippen molar-refractivity contribution in [2.45, 2.75) is 38.8 Å². The van der Waals surface area contributed by atoms with E-state index in [2.05, 4.69) is 10.3 Å². The van der Waals surface area contributed by atoms with Crippen molar-refractivity contribution in [3.05, 3.63) is 29.8 Å². The largest absolute Gasteiger partial charge is 0.444 e. The molecule has 1 unspecified atom stereocenters. The molecule has 0 radical (unpaired) electrons. The van der Waals surface area contributed by atoms with Crippen LogP contribution in [-0.4, -0.2) is 29.3 Å². The number of pyridine rings is 1. The SMILES string of the molecule is CC(C)(C)OC(=O)NC(CN)Cc1cc(F)ccn1. The van der Waals surface area contributed by atoms with Crippen molar-refractivity contribution in [2.75, 3.05) is 6.54 Å². The lowest BCUT2D eigenvalue weighted by Crippen LogP contribution is -2.44. The van der Waals surface area contributed by atoms with Crippen LogP contribution in [0.5, 0.6) is 0 Å². The Labute approximate surface area is 112 Å². The first-order chi connectivity index (χ1) is 8.80. The first-order valence-corrected chi connectivity index (χ1v) is 6.10. The summed E-state index contributed by atoms with van der Waals surface area (Å²) in [5.41, 5.74) is 5.54. The van der Waals surface area contributed by atoms with Crippen molar-refractivity contribution in [3.63, 3.8) is 0 Å². The van der Waals surface area contributed by atoms with Gasteiger partial charge < -0.3 is 15.8 Å². The van der Waals surface area contributed by atoms with Crippen LogP contribution in [0.4, 0.5) is 9.18 Å². The molecule has 1 amide bonds. The van der Waals surface area contributed by atoms with E-state index >= 15 is 0 Å². The van der Waals surface area contributed by atoms with Gasteiger partial charge in [-0.15, -0.1) is 0 Å². The number of aromatic nitrogens is 1. The van der Waals surface area contributed by atoms with Gasteiger partial charge >= 0.3 is 6.09 Å². The van der Waals surface area contributed by atoms with E-state index in [0.29, 0.717) is 12.1 Å². The van der Waals surface area contributed by atoms with Crippen molar-refractivity contribution >= 4 is 6.09 Å². The fourth-order valence-electron chi connectivity index (χ4n) is 1.48. The second kappa shape index (κ2) is 6.47. The Morgan fingerprint density at radius 3 is 2.79 bits per heavy atom. The highest BCUT2D eigenvalue weighted by Gasteiger charge is 2.19. The summed E-state index contributed by atoms with van der Waals surface area (Å²) in [4.78, 5) is 15.6. The number of nitrogens with two attached hydrogens (primary N) is 1.